The predicted octanol–water partition coefficient (Wildman–Crippen LogP) is 4.40. The summed E-state index contributed by atoms with van der Waals surface area (Å²) in [7, 11) is 0. The molecule has 3 nitrogen and oxygen atoms in total. The molecule has 23 heavy (non-hydrogen) atoms. The zero-order valence-electron chi connectivity index (χ0n) is 13.1. The van der Waals surface area contributed by atoms with Gasteiger partial charge in [0, 0.05) is 5.92 Å². The molecule has 1 saturated carbocycles. The first-order valence-electron chi connectivity index (χ1n) is 7.84. The molecule has 0 N–H and O–H groups in total. The lowest BCUT2D eigenvalue weighted by atomic mass is 10.1. The summed E-state index contributed by atoms with van der Waals surface area (Å²) >= 11 is 0. The molecular formula is C19H20FNO2. The quantitative estimate of drug-likeness (QED) is 0.431. The maximum atomic E-state index is 12.9. The summed E-state index contributed by atoms with van der Waals surface area (Å²) in [5.74, 6) is 1.47. The summed E-state index contributed by atoms with van der Waals surface area (Å²) in [4.78, 5) is 5.32. The minimum absolute atomic E-state index is 0.196. The van der Waals surface area contributed by atoms with Crippen LogP contribution >= 0.6 is 0 Å². The number of hydrogen-bond donors (Lipinski definition) is 0. The summed E-state index contributed by atoms with van der Waals surface area (Å²) < 4.78 is 18.5. The Morgan fingerprint density at radius 3 is 2.57 bits per heavy atom. The number of para-hydroxylation sites is 1. The third-order valence-corrected chi connectivity index (χ3v) is 4.02. The summed E-state index contributed by atoms with van der Waals surface area (Å²) in [5.41, 5.74) is 2.15. The van der Waals surface area contributed by atoms with Gasteiger partial charge in [-0.25, -0.2) is 4.39 Å². The number of nitrogens with zero attached hydrogens (tertiary/aromatic N) is 1. The van der Waals surface area contributed by atoms with Crippen molar-refractivity contribution in [2.24, 2.45) is 11.1 Å². The second-order valence-corrected chi connectivity index (χ2v) is 5.73. The second kappa shape index (κ2) is 7.27. The molecule has 0 heterocycles. The standard InChI is InChI=1S/C19H20FNO2/c1-14(18-13-19(18)15-7-9-16(20)10-8-15)21-23-12-11-22-17-5-3-2-4-6-17/h2-10,18-19H,11-13H2,1H3/t18-,19-/m1/s1. The van der Waals surface area contributed by atoms with Crippen molar-refractivity contribution < 1.29 is 14.0 Å². The average molecular weight is 313 g/mol. The van der Waals surface area contributed by atoms with Gasteiger partial charge in [0.25, 0.3) is 0 Å². The molecule has 0 saturated heterocycles. The Hall–Kier alpha value is -2.36. The normalized spacial score (nSPS) is 20.2. The molecule has 0 unspecified atom stereocenters. The Labute approximate surface area is 135 Å². The highest BCUT2D eigenvalue weighted by molar-refractivity contribution is 5.87. The smallest absolute Gasteiger partial charge is 0.151 e. The van der Waals surface area contributed by atoms with E-state index < -0.39 is 0 Å². The van der Waals surface area contributed by atoms with Crippen LogP contribution in [0.25, 0.3) is 0 Å². The number of hydrogen-bond acceptors (Lipinski definition) is 3. The molecule has 4 heteroatoms. The van der Waals surface area contributed by atoms with Gasteiger partial charge in [-0.05, 0) is 49.1 Å². The molecule has 2 aromatic carbocycles. The maximum absolute atomic E-state index is 12.9. The Balaban J connectivity index is 1.40. The predicted molar refractivity (Wildman–Crippen MR) is 88.2 cm³/mol. The van der Waals surface area contributed by atoms with Gasteiger partial charge in [0.05, 0.1) is 5.71 Å². The highest BCUT2D eigenvalue weighted by Crippen LogP contribution is 2.48. The van der Waals surface area contributed by atoms with Crippen LogP contribution in [0, 0.1) is 11.7 Å². The van der Waals surface area contributed by atoms with Gasteiger partial charge in [0.2, 0.25) is 0 Å². The Morgan fingerprint density at radius 2 is 1.83 bits per heavy atom. The second-order valence-electron chi connectivity index (χ2n) is 5.73. The van der Waals surface area contributed by atoms with E-state index in [0.717, 1.165) is 17.9 Å². The molecule has 0 bridgehead atoms. The van der Waals surface area contributed by atoms with E-state index in [0.29, 0.717) is 25.0 Å². The summed E-state index contributed by atoms with van der Waals surface area (Å²) in [6.45, 7) is 2.86. The molecular weight excluding hydrogens is 293 g/mol. The average Bonchev–Trinajstić information content (AvgIpc) is 3.37. The van der Waals surface area contributed by atoms with Gasteiger partial charge in [-0.15, -0.1) is 0 Å². The summed E-state index contributed by atoms with van der Waals surface area (Å²) in [6, 6.07) is 16.3. The third-order valence-electron chi connectivity index (χ3n) is 4.02. The number of oxime groups is 1. The van der Waals surface area contributed by atoms with E-state index in [1.807, 2.05) is 49.4 Å². The van der Waals surface area contributed by atoms with Gasteiger partial charge >= 0.3 is 0 Å². The Morgan fingerprint density at radius 1 is 1.09 bits per heavy atom. The highest BCUT2D eigenvalue weighted by Gasteiger charge is 2.40. The minimum atomic E-state index is -0.196. The SMILES string of the molecule is CC(=NOCCOc1ccccc1)[C@H]1C[C@@H]1c1ccc(F)cc1. The fourth-order valence-corrected chi connectivity index (χ4v) is 2.66. The number of rotatable bonds is 7. The van der Waals surface area contributed by atoms with Crippen molar-refractivity contribution in [3.63, 3.8) is 0 Å². The zero-order chi connectivity index (χ0) is 16.1. The van der Waals surface area contributed by atoms with Gasteiger partial charge in [-0.3, -0.25) is 0 Å². The van der Waals surface area contributed by atoms with Crippen molar-refractivity contribution >= 4 is 5.71 Å². The lowest BCUT2D eigenvalue weighted by Gasteiger charge is -2.05. The lowest BCUT2D eigenvalue weighted by molar-refractivity contribution is 0.106. The zero-order valence-corrected chi connectivity index (χ0v) is 13.1. The van der Waals surface area contributed by atoms with Gasteiger partial charge in [-0.1, -0.05) is 35.5 Å². The summed E-state index contributed by atoms with van der Waals surface area (Å²) in [5, 5.41) is 4.17. The van der Waals surface area contributed by atoms with Crippen molar-refractivity contribution in [3.05, 3.63) is 66.0 Å². The van der Waals surface area contributed by atoms with Gasteiger partial charge in [0.15, 0.2) is 6.61 Å². The van der Waals surface area contributed by atoms with Crippen LogP contribution in [0.2, 0.25) is 0 Å². The fraction of sp³-hybridized carbons (Fsp3) is 0.316. The van der Waals surface area contributed by atoms with Crippen molar-refractivity contribution in [1.29, 1.82) is 0 Å². The van der Waals surface area contributed by atoms with Crippen molar-refractivity contribution in [1.82, 2.24) is 0 Å². The van der Waals surface area contributed by atoms with Crippen LogP contribution in [0.3, 0.4) is 0 Å². The van der Waals surface area contributed by atoms with Crippen molar-refractivity contribution in [2.75, 3.05) is 13.2 Å². The van der Waals surface area contributed by atoms with E-state index in [1.165, 1.54) is 17.7 Å². The molecule has 0 aromatic heterocycles. The minimum Gasteiger partial charge on any atom is -0.490 e. The first-order chi connectivity index (χ1) is 11.2. The Kier molecular flexibility index (Phi) is 4.91. The van der Waals surface area contributed by atoms with Gasteiger partial charge in [-0.2, -0.15) is 0 Å². The van der Waals surface area contributed by atoms with Gasteiger partial charge in [0.1, 0.15) is 18.2 Å². The van der Waals surface area contributed by atoms with E-state index in [4.69, 9.17) is 9.57 Å². The van der Waals surface area contributed by atoms with E-state index in [1.54, 1.807) is 0 Å². The van der Waals surface area contributed by atoms with Crippen LogP contribution in [-0.4, -0.2) is 18.9 Å². The van der Waals surface area contributed by atoms with Crippen LogP contribution in [0.4, 0.5) is 4.39 Å². The monoisotopic (exact) mass is 313 g/mol. The maximum Gasteiger partial charge on any atom is 0.151 e. The first kappa shape index (κ1) is 15.5. The molecule has 1 fully saturated rings. The van der Waals surface area contributed by atoms with Crippen LogP contribution in [-0.2, 0) is 4.84 Å². The van der Waals surface area contributed by atoms with Crippen LogP contribution in [0.15, 0.2) is 59.8 Å². The Bertz CT molecular complexity index is 655. The lowest BCUT2D eigenvalue weighted by Crippen LogP contribution is -2.06. The number of ether oxygens (including phenoxy) is 1. The molecule has 0 aliphatic heterocycles. The topological polar surface area (TPSA) is 30.8 Å². The molecule has 0 radical (unpaired) electrons. The first-order valence-corrected chi connectivity index (χ1v) is 7.84. The highest BCUT2D eigenvalue weighted by atomic mass is 19.1. The summed E-state index contributed by atoms with van der Waals surface area (Å²) in [6.07, 6.45) is 1.05. The number of halogens is 1. The fourth-order valence-electron chi connectivity index (χ4n) is 2.66. The van der Waals surface area contributed by atoms with Crippen LogP contribution in [0.1, 0.15) is 24.8 Å². The molecule has 0 amide bonds. The van der Waals surface area contributed by atoms with E-state index in [-0.39, 0.29) is 5.82 Å². The van der Waals surface area contributed by atoms with Gasteiger partial charge < -0.3 is 9.57 Å². The largest absolute Gasteiger partial charge is 0.490 e. The van der Waals surface area contributed by atoms with Crippen LogP contribution < -0.4 is 4.74 Å². The molecule has 3 rings (SSSR count). The van der Waals surface area contributed by atoms with E-state index in [2.05, 4.69) is 5.16 Å². The van der Waals surface area contributed by atoms with Crippen molar-refractivity contribution in [3.8, 4) is 5.75 Å². The van der Waals surface area contributed by atoms with E-state index in [9.17, 15) is 4.39 Å². The molecule has 1 aliphatic carbocycles. The molecule has 120 valence electrons. The molecule has 1 aliphatic rings. The third kappa shape index (κ3) is 4.31. The molecule has 2 atom stereocenters. The molecule has 2 aromatic rings. The van der Waals surface area contributed by atoms with Crippen LogP contribution in [0.5, 0.6) is 5.75 Å². The number of benzene rings is 2. The van der Waals surface area contributed by atoms with Crippen molar-refractivity contribution in [2.45, 2.75) is 19.3 Å². The molecule has 0 spiro atoms. The van der Waals surface area contributed by atoms with E-state index >= 15 is 0 Å².